The highest BCUT2D eigenvalue weighted by Crippen LogP contribution is 2.17. The Morgan fingerprint density at radius 1 is 1.22 bits per heavy atom. The summed E-state index contributed by atoms with van der Waals surface area (Å²) in [6.45, 7) is 3.07. The molecule has 0 aliphatic heterocycles. The van der Waals surface area contributed by atoms with Crippen LogP contribution in [0.25, 0.3) is 0 Å². The van der Waals surface area contributed by atoms with E-state index < -0.39 is 0 Å². The lowest BCUT2D eigenvalue weighted by molar-refractivity contribution is 0.0950. The van der Waals surface area contributed by atoms with E-state index in [2.05, 4.69) is 15.5 Å². The van der Waals surface area contributed by atoms with E-state index in [4.69, 9.17) is 21.1 Å². The van der Waals surface area contributed by atoms with Crippen LogP contribution in [0, 0.1) is 6.92 Å². The maximum atomic E-state index is 12.1. The van der Waals surface area contributed by atoms with Crippen LogP contribution in [0.4, 0.5) is 0 Å². The SMILES string of the molecule is COCCOc1ccc(CNC(=O)c2ccc(C)cc2Cl)nn1. The molecule has 0 atom stereocenters. The lowest BCUT2D eigenvalue weighted by atomic mass is 10.1. The zero-order valence-corrected chi connectivity index (χ0v) is 13.8. The van der Waals surface area contributed by atoms with E-state index in [1.165, 1.54) is 0 Å². The molecule has 0 saturated heterocycles. The normalized spacial score (nSPS) is 10.4. The third kappa shape index (κ3) is 5.19. The van der Waals surface area contributed by atoms with Crippen molar-refractivity contribution in [3.8, 4) is 5.88 Å². The quantitative estimate of drug-likeness (QED) is 0.786. The summed E-state index contributed by atoms with van der Waals surface area (Å²) < 4.78 is 10.2. The first-order valence-corrected chi connectivity index (χ1v) is 7.46. The number of rotatable bonds is 7. The number of aryl methyl sites for hydroxylation is 1. The van der Waals surface area contributed by atoms with Crippen molar-refractivity contribution in [2.24, 2.45) is 0 Å². The molecule has 0 bridgehead atoms. The first-order chi connectivity index (χ1) is 11.1. The van der Waals surface area contributed by atoms with E-state index in [0.29, 0.717) is 35.4 Å². The van der Waals surface area contributed by atoms with Gasteiger partial charge in [-0.25, -0.2) is 0 Å². The van der Waals surface area contributed by atoms with Crippen LogP contribution in [0.2, 0.25) is 5.02 Å². The van der Waals surface area contributed by atoms with Gasteiger partial charge in [0.15, 0.2) is 0 Å². The molecule has 1 amide bonds. The van der Waals surface area contributed by atoms with Crippen LogP contribution < -0.4 is 10.1 Å². The number of halogens is 1. The lowest BCUT2D eigenvalue weighted by Gasteiger charge is -2.07. The van der Waals surface area contributed by atoms with Crippen molar-refractivity contribution in [3.05, 3.63) is 52.2 Å². The zero-order chi connectivity index (χ0) is 16.7. The van der Waals surface area contributed by atoms with Crippen LogP contribution in [0.5, 0.6) is 5.88 Å². The molecule has 0 aliphatic rings. The number of aromatic nitrogens is 2. The van der Waals surface area contributed by atoms with Crippen molar-refractivity contribution in [2.45, 2.75) is 13.5 Å². The Hall–Kier alpha value is -2.18. The van der Waals surface area contributed by atoms with Gasteiger partial charge in [-0.3, -0.25) is 4.79 Å². The van der Waals surface area contributed by atoms with E-state index in [0.717, 1.165) is 5.56 Å². The summed E-state index contributed by atoms with van der Waals surface area (Å²) in [6.07, 6.45) is 0. The van der Waals surface area contributed by atoms with Crippen LogP contribution >= 0.6 is 11.6 Å². The van der Waals surface area contributed by atoms with Gasteiger partial charge in [0.1, 0.15) is 6.61 Å². The smallest absolute Gasteiger partial charge is 0.253 e. The number of carbonyl (C=O) groups excluding carboxylic acids is 1. The molecule has 2 rings (SSSR count). The van der Waals surface area contributed by atoms with Crippen molar-refractivity contribution in [2.75, 3.05) is 20.3 Å². The van der Waals surface area contributed by atoms with E-state index in [1.807, 2.05) is 13.0 Å². The summed E-state index contributed by atoms with van der Waals surface area (Å²) in [5.74, 6) is 0.163. The summed E-state index contributed by atoms with van der Waals surface area (Å²) in [7, 11) is 1.60. The summed E-state index contributed by atoms with van der Waals surface area (Å²) >= 11 is 6.07. The topological polar surface area (TPSA) is 73.3 Å². The minimum atomic E-state index is -0.253. The number of ether oxygens (including phenoxy) is 2. The summed E-state index contributed by atoms with van der Waals surface area (Å²) in [4.78, 5) is 12.1. The molecule has 0 unspecified atom stereocenters. The molecule has 2 aromatic rings. The largest absolute Gasteiger partial charge is 0.474 e. The molecular formula is C16H18ClN3O3. The van der Waals surface area contributed by atoms with Crippen LogP contribution in [0.15, 0.2) is 30.3 Å². The Labute approximate surface area is 139 Å². The van der Waals surface area contributed by atoms with Gasteiger partial charge in [0.05, 0.1) is 29.4 Å². The third-order valence-corrected chi connectivity index (χ3v) is 3.34. The van der Waals surface area contributed by atoms with Crippen molar-refractivity contribution >= 4 is 17.5 Å². The molecule has 0 saturated carbocycles. The van der Waals surface area contributed by atoms with E-state index in [1.54, 1.807) is 31.4 Å². The highest BCUT2D eigenvalue weighted by molar-refractivity contribution is 6.33. The van der Waals surface area contributed by atoms with Crippen molar-refractivity contribution < 1.29 is 14.3 Å². The molecular weight excluding hydrogens is 318 g/mol. The lowest BCUT2D eigenvalue weighted by Crippen LogP contribution is -2.23. The second-order valence-electron chi connectivity index (χ2n) is 4.87. The van der Waals surface area contributed by atoms with Crippen molar-refractivity contribution in [3.63, 3.8) is 0 Å². The first-order valence-electron chi connectivity index (χ1n) is 7.09. The molecule has 0 spiro atoms. The Balaban J connectivity index is 1.89. The second kappa shape index (κ2) is 8.45. The molecule has 1 N–H and O–H groups in total. The van der Waals surface area contributed by atoms with Crippen molar-refractivity contribution in [1.29, 1.82) is 0 Å². The predicted molar refractivity (Wildman–Crippen MR) is 86.8 cm³/mol. The summed E-state index contributed by atoms with van der Waals surface area (Å²) in [5.41, 5.74) is 2.06. The number of benzene rings is 1. The van der Waals surface area contributed by atoms with Gasteiger partial charge in [-0.1, -0.05) is 17.7 Å². The maximum Gasteiger partial charge on any atom is 0.253 e. The highest BCUT2D eigenvalue weighted by atomic mass is 35.5. The molecule has 1 aromatic carbocycles. The molecule has 0 radical (unpaired) electrons. The highest BCUT2D eigenvalue weighted by Gasteiger charge is 2.10. The fourth-order valence-corrected chi connectivity index (χ4v) is 2.14. The molecule has 7 heteroatoms. The fraction of sp³-hybridized carbons (Fsp3) is 0.312. The molecule has 6 nitrogen and oxygen atoms in total. The Kier molecular flexibility index (Phi) is 6.31. The standard InChI is InChI=1S/C16H18ClN3O3/c1-11-3-5-13(14(17)9-11)16(21)18-10-12-4-6-15(20-19-12)23-8-7-22-2/h3-6,9H,7-8,10H2,1-2H3,(H,18,21). The van der Waals surface area contributed by atoms with Gasteiger partial charge < -0.3 is 14.8 Å². The van der Waals surface area contributed by atoms with Crippen LogP contribution in [0.3, 0.4) is 0 Å². The Morgan fingerprint density at radius 2 is 2.04 bits per heavy atom. The van der Waals surface area contributed by atoms with Gasteiger partial charge in [0.2, 0.25) is 5.88 Å². The number of hydrogen-bond donors (Lipinski definition) is 1. The molecule has 23 heavy (non-hydrogen) atoms. The van der Waals surface area contributed by atoms with E-state index in [-0.39, 0.29) is 12.5 Å². The van der Waals surface area contributed by atoms with Gasteiger partial charge in [0.25, 0.3) is 5.91 Å². The van der Waals surface area contributed by atoms with Crippen LogP contribution in [0.1, 0.15) is 21.6 Å². The van der Waals surface area contributed by atoms with Gasteiger partial charge in [-0.05, 0) is 30.7 Å². The molecule has 0 fully saturated rings. The minimum absolute atomic E-state index is 0.253. The number of nitrogens with zero attached hydrogens (tertiary/aromatic N) is 2. The van der Waals surface area contributed by atoms with Gasteiger partial charge in [-0.2, -0.15) is 5.10 Å². The minimum Gasteiger partial charge on any atom is -0.474 e. The van der Waals surface area contributed by atoms with E-state index >= 15 is 0 Å². The average molecular weight is 336 g/mol. The Morgan fingerprint density at radius 3 is 2.70 bits per heavy atom. The average Bonchev–Trinajstić information content (AvgIpc) is 2.54. The van der Waals surface area contributed by atoms with Crippen LogP contribution in [-0.2, 0) is 11.3 Å². The van der Waals surface area contributed by atoms with E-state index in [9.17, 15) is 4.79 Å². The number of nitrogens with one attached hydrogen (secondary N) is 1. The maximum absolute atomic E-state index is 12.1. The zero-order valence-electron chi connectivity index (χ0n) is 13.0. The second-order valence-corrected chi connectivity index (χ2v) is 5.28. The number of hydrogen-bond acceptors (Lipinski definition) is 5. The first kappa shape index (κ1) is 17.2. The van der Waals surface area contributed by atoms with Crippen LogP contribution in [-0.4, -0.2) is 36.4 Å². The predicted octanol–water partition coefficient (Wildman–Crippen LogP) is 2.39. The molecule has 1 heterocycles. The third-order valence-electron chi connectivity index (χ3n) is 3.03. The Bertz CT molecular complexity index is 662. The number of carbonyl (C=O) groups is 1. The molecule has 0 aliphatic carbocycles. The number of methoxy groups -OCH3 is 1. The van der Waals surface area contributed by atoms with Gasteiger partial charge >= 0.3 is 0 Å². The fourth-order valence-electron chi connectivity index (χ4n) is 1.82. The molecule has 122 valence electrons. The summed E-state index contributed by atoms with van der Waals surface area (Å²) in [6, 6.07) is 8.73. The van der Waals surface area contributed by atoms with Crippen molar-refractivity contribution in [1.82, 2.24) is 15.5 Å². The van der Waals surface area contributed by atoms with Gasteiger partial charge in [-0.15, -0.1) is 5.10 Å². The summed E-state index contributed by atoms with van der Waals surface area (Å²) in [5, 5.41) is 11.1. The molecule has 1 aromatic heterocycles. The van der Waals surface area contributed by atoms with Gasteiger partial charge in [0, 0.05) is 13.2 Å². The monoisotopic (exact) mass is 335 g/mol. The number of amides is 1.